The second kappa shape index (κ2) is 8.20. The third kappa shape index (κ3) is 3.82. The van der Waals surface area contributed by atoms with Crippen molar-refractivity contribution in [2.24, 2.45) is 0 Å². The highest BCUT2D eigenvalue weighted by Crippen LogP contribution is 2.49. The van der Waals surface area contributed by atoms with E-state index in [-0.39, 0.29) is 11.9 Å². The minimum Gasteiger partial charge on any atom is -0.391 e. The lowest BCUT2D eigenvalue weighted by atomic mass is 10.1. The van der Waals surface area contributed by atoms with Gasteiger partial charge in [-0.3, -0.25) is 0 Å². The van der Waals surface area contributed by atoms with Crippen molar-refractivity contribution < 1.29 is 9.50 Å². The summed E-state index contributed by atoms with van der Waals surface area (Å²) in [6.07, 6.45) is 3.13. The second-order valence-electron chi connectivity index (χ2n) is 9.67. The molecule has 0 bridgehead atoms. The summed E-state index contributed by atoms with van der Waals surface area (Å²) in [5, 5.41) is 11.3. The Bertz CT molecular complexity index is 1240. The van der Waals surface area contributed by atoms with Gasteiger partial charge in [0.25, 0.3) is 0 Å². The molecule has 2 saturated heterocycles. The fourth-order valence-electron chi connectivity index (χ4n) is 5.03. The average molecular weight is 483 g/mol. The van der Waals surface area contributed by atoms with Gasteiger partial charge in [-0.1, -0.05) is 17.7 Å². The maximum atomic E-state index is 15.1. The van der Waals surface area contributed by atoms with Gasteiger partial charge >= 0.3 is 0 Å². The van der Waals surface area contributed by atoms with E-state index >= 15 is 4.39 Å². The number of aliphatic hydroxyl groups is 1. The molecule has 34 heavy (non-hydrogen) atoms. The summed E-state index contributed by atoms with van der Waals surface area (Å²) < 4.78 is 15.1. The molecule has 1 N–H and O–H groups in total. The first-order valence-electron chi connectivity index (χ1n) is 12.0. The fourth-order valence-corrected chi connectivity index (χ4v) is 5.29. The van der Waals surface area contributed by atoms with Crippen LogP contribution in [0, 0.1) is 6.92 Å². The van der Waals surface area contributed by atoms with E-state index in [0.717, 1.165) is 67.4 Å². The van der Waals surface area contributed by atoms with Gasteiger partial charge in [0.1, 0.15) is 11.6 Å². The average Bonchev–Trinajstić information content (AvgIpc) is 3.45. The molecule has 9 heteroatoms. The number of β-amino-alcohol motifs (C(OH)–C–C–N with tert-alkyl or cyclic N) is 1. The number of aromatic nitrogens is 3. The molecule has 0 amide bonds. The SMILES string of the molecule is Cc1cccnc1N1CCN(c2nc(C3(F)CC3)nc3c(Cl)cc(N4CC[C@@H](O)C4)cc23)CC1. The van der Waals surface area contributed by atoms with E-state index in [9.17, 15) is 5.11 Å². The van der Waals surface area contributed by atoms with Gasteiger partial charge in [0.2, 0.25) is 0 Å². The second-order valence-corrected chi connectivity index (χ2v) is 10.1. The number of nitrogens with zero attached hydrogens (tertiary/aromatic N) is 6. The van der Waals surface area contributed by atoms with Crippen LogP contribution in [0.25, 0.3) is 10.9 Å². The molecule has 0 radical (unpaired) electrons. The number of benzene rings is 1. The first kappa shape index (κ1) is 21.8. The van der Waals surface area contributed by atoms with Crippen molar-refractivity contribution in [1.82, 2.24) is 15.0 Å². The van der Waals surface area contributed by atoms with Crippen LogP contribution in [-0.4, -0.2) is 65.4 Å². The van der Waals surface area contributed by atoms with Crippen molar-refractivity contribution in [3.05, 3.63) is 46.9 Å². The van der Waals surface area contributed by atoms with Gasteiger partial charge in [-0.2, -0.15) is 0 Å². The number of piperazine rings is 1. The lowest BCUT2D eigenvalue weighted by molar-refractivity contribution is 0.198. The molecule has 3 aliphatic rings. The van der Waals surface area contributed by atoms with Crippen LogP contribution in [0.1, 0.15) is 30.7 Å². The Morgan fingerprint density at radius 1 is 1.03 bits per heavy atom. The molecule has 178 valence electrons. The molecule has 1 saturated carbocycles. The van der Waals surface area contributed by atoms with Crippen LogP contribution < -0.4 is 14.7 Å². The largest absolute Gasteiger partial charge is 0.391 e. The summed E-state index contributed by atoms with van der Waals surface area (Å²) in [4.78, 5) is 20.6. The van der Waals surface area contributed by atoms with Gasteiger partial charge in [0, 0.05) is 56.5 Å². The number of aliphatic hydroxyl groups excluding tert-OH is 1. The number of alkyl halides is 1. The minimum atomic E-state index is -1.45. The van der Waals surface area contributed by atoms with Crippen molar-refractivity contribution >= 4 is 39.8 Å². The monoisotopic (exact) mass is 482 g/mol. The molecule has 6 rings (SSSR count). The third-order valence-corrected chi connectivity index (χ3v) is 7.49. The number of halogens is 2. The number of pyridine rings is 1. The highest BCUT2D eigenvalue weighted by Gasteiger charge is 2.48. The standard InChI is InChI=1S/C25H28ClFN6O/c1-16-3-2-7-28-22(16)31-9-11-32(12-10-31)23-19-13-17(33-8-4-18(34)15-33)14-20(26)21(19)29-24(30-23)25(27)5-6-25/h2-3,7,13-14,18,34H,4-6,8-12,15H2,1H3/t18-/m1/s1. The van der Waals surface area contributed by atoms with Gasteiger partial charge in [0.05, 0.1) is 16.6 Å². The molecular formula is C25H28ClFN6O. The Morgan fingerprint density at radius 2 is 1.76 bits per heavy atom. The molecule has 1 aromatic carbocycles. The van der Waals surface area contributed by atoms with Gasteiger partial charge < -0.3 is 19.8 Å². The van der Waals surface area contributed by atoms with Crippen molar-refractivity contribution in [1.29, 1.82) is 0 Å². The zero-order chi connectivity index (χ0) is 23.4. The summed E-state index contributed by atoms with van der Waals surface area (Å²) in [5.74, 6) is 1.99. The van der Waals surface area contributed by atoms with Crippen LogP contribution in [0.15, 0.2) is 30.5 Å². The fraction of sp³-hybridized carbons (Fsp3) is 0.480. The summed E-state index contributed by atoms with van der Waals surface area (Å²) in [7, 11) is 0. The van der Waals surface area contributed by atoms with Gasteiger partial charge in [0.15, 0.2) is 11.5 Å². The predicted octanol–water partition coefficient (Wildman–Crippen LogP) is 3.84. The van der Waals surface area contributed by atoms with Crippen molar-refractivity contribution in [2.75, 3.05) is 54.0 Å². The molecule has 7 nitrogen and oxygen atoms in total. The van der Waals surface area contributed by atoms with Crippen LogP contribution in [0.2, 0.25) is 5.02 Å². The van der Waals surface area contributed by atoms with Gasteiger partial charge in [-0.05, 0) is 49.9 Å². The van der Waals surface area contributed by atoms with E-state index in [1.165, 1.54) is 0 Å². The van der Waals surface area contributed by atoms with Gasteiger partial charge in [-0.15, -0.1) is 0 Å². The zero-order valence-electron chi connectivity index (χ0n) is 19.2. The Balaban J connectivity index is 1.38. The normalized spacial score (nSPS) is 22.0. The van der Waals surface area contributed by atoms with Crippen LogP contribution >= 0.6 is 11.6 Å². The smallest absolute Gasteiger partial charge is 0.170 e. The van der Waals surface area contributed by atoms with E-state index in [1.54, 1.807) is 0 Å². The van der Waals surface area contributed by atoms with Crippen LogP contribution in [0.4, 0.5) is 21.7 Å². The minimum absolute atomic E-state index is 0.240. The molecule has 4 heterocycles. The van der Waals surface area contributed by atoms with E-state index in [2.05, 4.69) is 37.7 Å². The lowest BCUT2D eigenvalue weighted by Gasteiger charge is -2.37. The number of aryl methyl sites for hydroxylation is 1. The first-order chi connectivity index (χ1) is 16.4. The summed E-state index contributed by atoms with van der Waals surface area (Å²) in [5.41, 5.74) is 1.24. The summed E-state index contributed by atoms with van der Waals surface area (Å²) in [6.45, 7) is 6.50. The maximum Gasteiger partial charge on any atom is 0.170 e. The number of hydrogen-bond acceptors (Lipinski definition) is 7. The maximum absolute atomic E-state index is 15.1. The quantitative estimate of drug-likeness (QED) is 0.605. The van der Waals surface area contributed by atoms with Crippen LogP contribution in [0.5, 0.6) is 0 Å². The predicted molar refractivity (Wildman–Crippen MR) is 133 cm³/mol. The Kier molecular flexibility index (Phi) is 5.26. The van der Waals surface area contributed by atoms with Crippen LogP contribution in [0.3, 0.4) is 0 Å². The first-order valence-corrected chi connectivity index (χ1v) is 12.3. The molecule has 3 fully saturated rings. The number of anilines is 3. The van der Waals surface area contributed by atoms with Crippen molar-refractivity contribution in [2.45, 2.75) is 38.0 Å². The molecule has 2 aliphatic heterocycles. The molecule has 0 spiro atoms. The van der Waals surface area contributed by atoms with E-state index in [4.69, 9.17) is 16.6 Å². The molecular weight excluding hydrogens is 455 g/mol. The Hall–Kier alpha value is -2.71. The molecule has 0 unspecified atom stereocenters. The zero-order valence-corrected chi connectivity index (χ0v) is 20.0. The summed E-state index contributed by atoms with van der Waals surface area (Å²) in [6, 6.07) is 7.95. The molecule has 3 aromatic rings. The van der Waals surface area contributed by atoms with E-state index in [0.29, 0.717) is 29.9 Å². The molecule has 1 atom stereocenters. The number of rotatable bonds is 4. The lowest BCUT2D eigenvalue weighted by Crippen LogP contribution is -2.47. The highest BCUT2D eigenvalue weighted by molar-refractivity contribution is 6.35. The van der Waals surface area contributed by atoms with E-state index < -0.39 is 5.67 Å². The summed E-state index contributed by atoms with van der Waals surface area (Å²) >= 11 is 6.71. The number of fused-ring (bicyclic) bond motifs is 1. The van der Waals surface area contributed by atoms with Crippen molar-refractivity contribution in [3.63, 3.8) is 0 Å². The number of hydrogen-bond donors (Lipinski definition) is 1. The Morgan fingerprint density at radius 3 is 2.41 bits per heavy atom. The topological polar surface area (TPSA) is 68.6 Å². The van der Waals surface area contributed by atoms with Crippen molar-refractivity contribution in [3.8, 4) is 0 Å². The third-order valence-electron chi connectivity index (χ3n) is 7.20. The molecule has 2 aromatic heterocycles. The Labute approximate surface area is 203 Å². The van der Waals surface area contributed by atoms with Crippen LogP contribution in [-0.2, 0) is 5.67 Å². The van der Waals surface area contributed by atoms with E-state index in [1.807, 2.05) is 24.4 Å². The van der Waals surface area contributed by atoms with Gasteiger partial charge in [-0.25, -0.2) is 19.3 Å². The highest BCUT2D eigenvalue weighted by atomic mass is 35.5. The molecule has 1 aliphatic carbocycles.